The minimum atomic E-state index is -3.09. The summed E-state index contributed by atoms with van der Waals surface area (Å²) < 4.78 is 22.2. The average molecular weight is 217 g/mol. The van der Waals surface area contributed by atoms with Crippen molar-refractivity contribution in [2.24, 2.45) is 0 Å². The molecule has 0 aromatic heterocycles. The molecule has 4 heteroatoms. The van der Waals surface area contributed by atoms with E-state index in [1.807, 2.05) is 0 Å². The number of unbranched alkanes of at least 4 members (excludes halogenated alkanes) is 5. The monoisotopic (exact) mass is 217 g/mol. The molecule has 0 bridgehead atoms. The molecule has 0 aliphatic carbocycles. The van der Waals surface area contributed by atoms with Crippen LogP contribution in [0.25, 0.3) is 0 Å². The molecule has 3 nitrogen and oxygen atoms in total. The predicted molar refractivity (Wildman–Crippen MR) is 57.6 cm³/mol. The molecule has 0 rings (SSSR count). The molecule has 0 aliphatic rings. The van der Waals surface area contributed by atoms with Gasteiger partial charge in [-0.3, -0.25) is 0 Å². The molecule has 0 unspecified atom stereocenters. The van der Waals surface area contributed by atoms with Gasteiger partial charge in [0.2, 0.25) is 0 Å². The van der Waals surface area contributed by atoms with Gasteiger partial charge in [-0.05, 0) is 6.42 Å². The Morgan fingerprint density at radius 3 is 2.21 bits per heavy atom. The number of rotatable bonds is 8. The van der Waals surface area contributed by atoms with Crippen molar-refractivity contribution < 1.29 is 8.42 Å². The van der Waals surface area contributed by atoms with Crippen molar-refractivity contribution in [2.75, 3.05) is 11.5 Å². The van der Waals surface area contributed by atoms with Crippen LogP contribution in [0.5, 0.6) is 0 Å². The lowest BCUT2D eigenvalue weighted by Gasteiger charge is -2.00. The van der Waals surface area contributed by atoms with Crippen molar-refractivity contribution in [3.8, 4) is 6.07 Å². The van der Waals surface area contributed by atoms with Gasteiger partial charge in [-0.15, -0.1) is 0 Å². The summed E-state index contributed by atoms with van der Waals surface area (Å²) in [4.78, 5) is 0. The second-order valence-corrected chi connectivity index (χ2v) is 5.70. The quantitative estimate of drug-likeness (QED) is 0.586. The van der Waals surface area contributed by atoms with Crippen LogP contribution in [0.3, 0.4) is 0 Å². The molecular formula is C10H19NO2S. The molecule has 0 fully saturated rings. The van der Waals surface area contributed by atoms with Crippen molar-refractivity contribution in [3.63, 3.8) is 0 Å². The largest absolute Gasteiger partial charge is 0.228 e. The summed E-state index contributed by atoms with van der Waals surface area (Å²) in [6.07, 6.45) is 6.39. The molecule has 0 spiro atoms. The molecule has 82 valence electrons. The highest BCUT2D eigenvalue weighted by Gasteiger charge is 2.08. The van der Waals surface area contributed by atoms with Gasteiger partial charge in [-0.2, -0.15) is 5.26 Å². The highest BCUT2D eigenvalue weighted by atomic mass is 32.2. The molecule has 0 aliphatic heterocycles. The number of hydrogen-bond acceptors (Lipinski definition) is 3. The van der Waals surface area contributed by atoms with Crippen LogP contribution in [0.4, 0.5) is 0 Å². The zero-order valence-electron chi connectivity index (χ0n) is 8.83. The van der Waals surface area contributed by atoms with Gasteiger partial charge in [0.05, 0.1) is 11.8 Å². The third kappa shape index (κ3) is 8.06. The Morgan fingerprint density at radius 1 is 1.07 bits per heavy atom. The van der Waals surface area contributed by atoms with E-state index in [1.165, 1.54) is 19.3 Å². The summed E-state index contributed by atoms with van der Waals surface area (Å²) >= 11 is 0. The lowest BCUT2D eigenvalue weighted by Crippen LogP contribution is -2.09. The van der Waals surface area contributed by atoms with Crippen molar-refractivity contribution in [1.29, 1.82) is 5.26 Å². The molecule has 0 N–H and O–H groups in total. The molecule has 0 atom stereocenters. The standard InChI is InChI=1S/C10H19NO2S/c1-2-3-4-5-6-7-9-14(12,13)10-8-11/h2-7,9-10H2,1H3. The first-order valence-electron chi connectivity index (χ1n) is 5.19. The topological polar surface area (TPSA) is 57.9 Å². The SMILES string of the molecule is CCCCCCCCS(=O)(=O)CC#N. The Bertz CT molecular complexity index is 264. The van der Waals surface area contributed by atoms with E-state index in [0.29, 0.717) is 6.42 Å². The number of nitriles is 1. The van der Waals surface area contributed by atoms with E-state index in [0.717, 1.165) is 12.8 Å². The summed E-state index contributed by atoms with van der Waals surface area (Å²) in [5, 5.41) is 8.25. The van der Waals surface area contributed by atoms with E-state index in [1.54, 1.807) is 6.07 Å². The van der Waals surface area contributed by atoms with Gasteiger partial charge >= 0.3 is 0 Å². The fraction of sp³-hybridized carbons (Fsp3) is 0.900. The molecule has 0 saturated heterocycles. The fourth-order valence-electron chi connectivity index (χ4n) is 1.27. The van der Waals surface area contributed by atoms with Gasteiger partial charge in [-0.25, -0.2) is 8.42 Å². The molecule has 0 radical (unpaired) electrons. The zero-order valence-corrected chi connectivity index (χ0v) is 9.65. The first kappa shape index (κ1) is 13.4. The highest BCUT2D eigenvalue weighted by molar-refractivity contribution is 7.91. The maximum absolute atomic E-state index is 11.1. The lowest BCUT2D eigenvalue weighted by molar-refractivity contribution is 0.586. The van der Waals surface area contributed by atoms with E-state index < -0.39 is 9.84 Å². The average Bonchev–Trinajstić information content (AvgIpc) is 2.11. The normalized spacial score (nSPS) is 11.1. The molecular weight excluding hydrogens is 198 g/mol. The Balaban J connectivity index is 3.41. The summed E-state index contributed by atoms with van der Waals surface area (Å²) in [5.41, 5.74) is 0. The maximum Gasteiger partial charge on any atom is 0.163 e. The van der Waals surface area contributed by atoms with E-state index >= 15 is 0 Å². The predicted octanol–water partition coefficient (Wildman–Crippen LogP) is 2.29. The second kappa shape index (κ2) is 7.81. The van der Waals surface area contributed by atoms with Gasteiger partial charge in [0.15, 0.2) is 9.84 Å². The third-order valence-corrected chi connectivity index (χ3v) is 3.57. The van der Waals surface area contributed by atoms with Crippen LogP contribution in [0.15, 0.2) is 0 Å². The van der Waals surface area contributed by atoms with Crippen LogP contribution in [0, 0.1) is 11.3 Å². The molecule has 0 amide bonds. The van der Waals surface area contributed by atoms with Crippen LogP contribution in [-0.4, -0.2) is 19.9 Å². The Kier molecular flexibility index (Phi) is 7.50. The minimum Gasteiger partial charge on any atom is -0.228 e. The Morgan fingerprint density at radius 2 is 1.64 bits per heavy atom. The summed E-state index contributed by atoms with van der Waals surface area (Å²) in [7, 11) is -3.09. The fourth-order valence-corrected chi connectivity index (χ4v) is 2.26. The van der Waals surface area contributed by atoms with Gasteiger partial charge in [0.25, 0.3) is 0 Å². The van der Waals surface area contributed by atoms with Crippen molar-refractivity contribution >= 4 is 9.84 Å². The minimum absolute atomic E-state index is 0.173. The smallest absolute Gasteiger partial charge is 0.163 e. The van der Waals surface area contributed by atoms with Crippen LogP contribution < -0.4 is 0 Å². The molecule has 14 heavy (non-hydrogen) atoms. The summed E-state index contributed by atoms with van der Waals surface area (Å²) in [6.45, 7) is 2.15. The van der Waals surface area contributed by atoms with E-state index in [2.05, 4.69) is 6.92 Å². The lowest BCUT2D eigenvalue weighted by atomic mass is 10.1. The van der Waals surface area contributed by atoms with Gasteiger partial charge in [-0.1, -0.05) is 39.0 Å². The Hall–Kier alpha value is -0.560. The van der Waals surface area contributed by atoms with Crippen LogP contribution in [-0.2, 0) is 9.84 Å². The third-order valence-electron chi connectivity index (χ3n) is 2.09. The van der Waals surface area contributed by atoms with Crippen molar-refractivity contribution in [2.45, 2.75) is 45.4 Å². The second-order valence-electron chi connectivity index (χ2n) is 3.52. The number of hydrogen-bond donors (Lipinski definition) is 0. The van der Waals surface area contributed by atoms with E-state index in [9.17, 15) is 8.42 Å². The first-order chi connectivity index (χ1) is 6.62. The van der Waals surface area contributed by atoms with Gasteiger partial charge in [0.1, 0.15) is 5.75 Å². The number of sulfone groups is 1. The number of nitrogens with zero attached hydrogens (tertiary/aromatic N) is 1. The molecule has 0 heterocycles. The van der Waals surface area contributed by atoms with Crippen molar-refractivity contribution in [3.05, 3.63) is 0 Å². The molecule has 0 saturated carbocycles. The Labute approximate surface area is 87.0 Å². The maximum atomic E-state index is 11.1. The first-order valence-corrected chi connectivity index (χ1v) is 7.02. The van der Waals surface area contributed by atoms with Gasteiger partial charge < -0.3 is 0 Å². The van der Waals surface area contributed by atoms with E-state index in [4.69, 9.17) is 5.26 Å². The van der Waals surface area contributed by atoms with Crippen molar-refractivity contribution in [1.82, 2.24) is 0 Å². The summed E-state index contributed by atoms with van der Waals surface area (Å²) in [6, 6.07) is 1.68. The summed E-state index contributed by atoms with van der Waals surface area (Å²) in [5.74, 6) is -0.158. The van der Waals surface area contributed by atoms with Crippen LogP contribution in [0.1, 0.15) is 45.4 Å². The van der Waals surface area contributed by atoms with E-state index in [-0.39, 0.29) is 11.5 Å². The van der Waals surface area contributed by atoms with Gasteiger partial charge in [0, 0.05) is 0 Å². The highest BCUT2D eigenvalue weighted by Crippen LogP contribution is 2.06. The van der Waals surface area contributed by atoms with Crippen LogP contribution in [0.2, 0.25) is 0 Å². The molecule has 0 aromatic carbocycles. The molecule has 0 aromatic rings. The van der Waals surface area contributed by atoms with Crippen LogP contribution >= 0.6 is 0 Å². The zero-order chi connectivity index (χ0) is 10.9.